The van der Waals surface area contributed by atoms with Gasteiger partial charge in [0.15, 0.2) is 6.29 Å². The van der Waals surface area contributed by atoms with Gasteiger partial charge in [-0.05, 0) is 31.6 Å². The molecular weight excluding hydrogens is 232 g/mol. The smallest absolute Gasteiger partial charge is 0.308 e. The van der Waals surface area contributed by atoms with E-state index in [9.17, 15) is 4.79 Å². The summed E-state index contributed by atoms with van der Waals surface area (Å²) in [6.45, 7) is 8.01. The molecular formula is C14H26O4. The van der Waals surface area contributed by atoms with E-state index >= 15 is 0 Å². The molecule has 0 amide bonds. The van der Waals surface area contributed by atoms with Gasteiger partial charge in [0.2, 0.25) is 0 Å². The summed E-state index contributed by atoms with van der Waals surface area (Å²) in [5, 5.41) is 0. The molecule has 0 spiro atoms. The molecule has 1 aliphatic heterocycles. The molecule has 1 fully saturated rings. The van der Waals surface area contributed by atoms with Crippen LogP contribution in [0.25, 0.3) is 0 Å². The highest BCUT2D eigenvalue weighted by Crippen LogP contribution is 2.17. The molecule has 106 valence electrons. The first kappa shape index (κ1) is 15.4. The summed E-state index contributed by atoms with van der Waals surface area (Å²) in [4.78, 5) is 11.3. The summed E-state index contributed by atoms with van der Waals surface area (Å²) in [6.07, 6.45) is 3.85. The Morgan fingerprint density at radius 3 is 2.50 bits per heavy atom. The zero-order valence-corrected chi connectivity index (χ0v) is 11.8. The number of hydrogen-bond acceptors (Lipinski definition) is 4. The highest BCUT2D eigenvalue weighted by atomic mass is 16.7. The standard InChI is InChI=1S/C14H26O4/c1-11(2)14(15)18-10-7-12(3)5-6-13-16-8-4-9-17-13/h11-13H,4-10H2,1-3H3. The quantitative estimate of drug-likeness (QED) is 0.659. The van der Waals surface area contributed by atoms with Crippen molar-refractivity contribution in [1.82, 2.24) is 0 Å². The minimum absolute atomic E-state index is 0.0283. The SMILES string of the molecule is CC(CCOC(=O)C(C)C)CCC1OCCCO1. The van der Waals surface area contributed by atoms with Gasteiger partial charge in [-0.15, -0.1) is 0 Å². The Labute approximate surface area is 110 Å². The van der Waals surface area contributed by atoms with Crippen LogP contribution in [0.1, 0.15) is 46.5 Å². The van der Waals surface area contributed by atoms with Crippen molar-refractivity contribution < 1.29 is 19.0 Å². The van der Waals surface area contributed by atoms with E-state index in [2.05, 4.69) is 6.92 Å². The molecule has 4 heteroatoms. The summed E-state index contributed by atoms with van der Waals surface area (Å²) < 4.78 is 16.2. The first-order valence-electron chi connectivity index (χ1n) is 6.99. The van der Waals surface area contributed by atoms with Crippen molar-refractivity contribution in [2.45, 2.75) is 52.7 Å². The van der Waals surface area contributed by atoms with Gasteiger partial charge in [-0.25, -0.2) is 0 Å². The average Bonchev–Trinajstić information content (AvgIpc) is 2.37. The Hall–Kier alpha value is -0.610. The Bertz CT molecular complexity index is 234. The average molecular weight is 258 g/mol. The zero-order valence-electron chi connectivity index (χ0n) is 11.8. The second-order valence-corrected chi connectivity index (χ2v) is 5.32. The van der Waals surface area contributed by atoms with Gasteiger partial charge >= 0.3 is 5.97 Å². The predicted molar refractivity (Wildman–Crippen MR) is 69.1 cm³/mol. The van der Waals surface area contributed by atoms with Crippen molar-refractivity contribution >= 4 is 5.97 Å². The second kappa shape index (κ2) is 8.48. The molecule has 0 aromatic rings. The second-order valence-electron chi connectivity index (χ2n) is 5.32. The molecule has 0 aromatic carbocycles. The largest absolute Gasteiger partial charge is 0.465 e. The normalized spacial score (nSPS) is 18.9. The fourth-order valence-electron chi connectivity index (χ4n) is 1.80. The zero-order chi connectivity index (χ0) is 13.4. The lowest BCUT2D eigenvalue weighted by molar-refractivity contribution is -0.182. The van der Waals surface area contributed by atoms with E-state index in [-0.39, 0.29) is 18.2 Å². The maximum Gasteiger partial charge on any atom is 0.308 e. The highest BCUT2D eigenvalue weighted by molar-refractivity contribution is 5.71. The van der Waals surface area contributed by atoms with E-state index in [1.165, 1.54) is 0 Å². The third-order valence-corrected chi connectivity index (χ3v) is 3.12. The highest BCUT2D eigenvalue weighted by Gasteiger charge is 2.15. The first-order valence-corrected chi connectivity index (χ1v) is 6.99. The Balaban J connectivity index is 2.02. The van der Waals surface area contributed by atoms with E-state index in [1.807, 2.05) is 13.8 Å². The van der Waals surface area contributed by atoms with Crippen LogP contribution in [0.2, 0.25) is 0 Å². The van der Waals surface area contributed by atoms with Crippen LogP contribution in [0, 0.1) is 11.8 Å². The molecule has 1 aliphatic rings. The summed E-state index contributed by atoms with van der Waals surface area (Å²) >= 11 is 0. The lowest BCUT2D eigenvalue weighted by Gasteiger charge is -2.24. The maximum absolute atomic E-state index is 11.3. The van der Waals surface area contributed by atoms with Crippen LogP contribution in [0.4, 0.5) is 0 Å². The number of ether oxygens (including phenoxy) is 3. The van der Waals surface area contributed by atoms with E-state index in [4.69, 9.17) is 14.2 Å². The summed E-state index contributed by atoms with van der Waals surface area (Å²) in [5.41, 5.74) is 0. The number of carbonyl (C=O) groups excluding carboxylic acids is 1. The molecule has 0 aromatic heterocycles. The fraction of sp³-hybridized carbons (Fsp3) is 0.929. The van der Waals surface area contributed by atoms with Crippen molar-refractivity contribution in [3.8, 4) is 0 Å². The summed E-state index contributed by atoms with van der Waals surface area (Å²) in [6, 6.07) is 0. The maximum atomic E-state index is 11.3. The Morgan fingerprint density at radius 2 is 1.89 bits per heavy atom. The van der Waals surface area contributed by atoms with Crippen LogP contribution in [0.15, 0.2) is 0 Å². The van der Waals surface area contributed by atoms with Crippen LogP contribution in [0.3, 0.4) is 0 Å². The van der Waals surface area contributed by atoms with Gasteiger partial charge in [-0.3, -0.25) is 4.79 Å². The van der Waals surface area contributed by atoms with Crippen LogP contribution < -0.4 is 0 Å². The lowest BCUT2D eigenvalue weighted by atomic mass is 10.0. The monoisotopic (exact) mass is 258 g/mol. The summed E-state index contributed by atoms with van der Waals surface area (Å²) in [5.74, 6) is 0.379. The minimum atomic E-state index is -0.110. The molecule has 1 rings (SSSR count). The van der Waals surface area contributed by atoms with Crippen molar-refractivity contribution in [1.29, 1.82) is 0 Å². The van der Waals surface area contributed by atoms with Gasteiger partial charge in [-0.2, -0.15) is 0 Å². The molecule has 1 heterocycles. The third-order valence-electron chi connectivity index (χ3n) is 3.12. The van der Waals surface area contributed by atoms with E-state index in [1.54, 1.807) is 0 Å². The van der Waals surface area contributed by atoms with Crippen LogP contribution in [-0.4, -0.2) is 32.1 Å². The minimum Gasteiger partial charge on any atom is -0.465 e. The van der Waals surface area contributed by atoms with Crippen molar-refractivity contribution in [2.24, 2.45) is 11.8 Å². The van der Waals surface area contributed by atoms with Gasteiger partial charge in [0, 0.05) is 0 Å². The van der Waals surface area contributed by atoms with Gasteiger partial charge in [0.05, 0.1) is 25.7 Å². The van der Waals surface area contributed by atoms with Crippen molar-refractivity contribution in [2.75, 3.05) is 19.8 Å². The number of rotatable bonds is 7. The number of esters is 1. The lowest BCUT2D eigenvalue weighted by Crippen LogP contribution is -2.25. The fourth-order valence-corrected chi connectivity index (χ4v) is 1.80. The van der Waals surface area contributed by atoms with Gasteiger partial charge in [-0.1, -0.05) is 20.8 Å². The number of hydrogen-bond donors (Lipinski definition) is 0. The Morgan fingerprint density at radius 1 is 1.22 bits per heavy atom. The van der Waals surface area contributed by atoms with E-state index < -0.39 is 0 Å². The van der Waals surface area contributed by atoms with Crippen molar-refractivity contribution in [3.63, 3.8) is 0 Å². The third kappa shape index (κ3) is 6.36. The van der Waals surface area contributed by atoms with Crippen LogP contribution in [-0.2, 0) is 19.0 Å². The predicted octanol–water partition coefficient (Wildman–Crippen LogP) is 2.76. The van der Waals surface area contributed by atoms with Gasteiger partial charge in [0.25, 0.3) is 0 Å². The van der Waals surface area contributed by atoms with Crippen molar-refractivity contribution in [3.05, 3.63) is 0 Å². The van der Waals surface area contributed by atoms with E-state index in [0.717, 1.165) is 38.9 Å². The summed E-state index contributed by atoms with van der Waals surface area (Å²) in [7, 11) is 0. The van der Waals surface area contributed by atoms with E-state index in [0.29, 0.717) is 12.5 Å². The number of carbonyl (C=O) groups is 1. The van der Waals surface area contributed by atoms with Gasteiger partial charge < -0.3 is 14.2 Å². The molecule has 0 bridgehead atoms. The molecule has 0 aliphatic carbocycles. The molecule has 0 radical (unpaired) electrons. The first-order chi connectivity index (χ1) is 8.59. The van der Waals surface area contributed by atoms with Crippen LogP contribution in [0.5, 0.6) is 0 Å². The van der Waals surface area contributed by atoms with Crippen LogP contribution >= 0.6 is 0 Å². The Kier molecular flexibility index (Phi) is 7.28. The molecule has 0 N–H and O–H groups in total. The topological polar surface area (TPSA) is 44.8 Å². The molecule has 0 saturated carbocycles. The molecule has 18 heavy (non-hydrogen) atoms. The molecule has 1 unspecified atom stereocenters. The molecule has 4 nitrogen and oxygen atoms in total. The molecule has 1 atom stereocenters. The van der Waals surface area contributed by atoms with Gasteiger partial charge in [0.1, 0.15) is 0 Å². The molecule has 1 saturated heterocycles.